The first kappa shape index (κ1) is 21.0. The minimum absolute atomic E-state index is 0.210. The van der Waals surface area contributed by atoms with Crippen LogP contribution < -0.4 is 9.62 Å². The first-order valence-electron chi connectivity index (χ1n) is 8.90. The third kappa shape index (κ3) is 5.32. The lowest BCUT2D eigenvalue weighted by molar-refractivity contribution is -0.120. The van der Waals surface area contributed by atoms with Gasteiger partial charge in [0, 0.05) is 0 Å². The van der Waals surface area contributed by atoms with Crippen LogP contribution in [0.4, 0.5) is 5.69 Å². The molecule has 0 aliphatic heterocycles. The summed E-state index contributed by atoms with van der Waals surface area (Å²) < 4.78 is 25.8. The van der Waals surface area contributed by atoms with E-state index in [0.29, 0.717) is 5.69 Å². The summed E-state index contributed by atoms with van der Waals surface area (Å²) in [5.41, 5.74) is 5.55. The number of hydrogen-bond donors (Lipinski definition) is 1. The second-order valence-electron chi connectivity index (χ2n) is 7.21. The molecule has 5 nitrogen and oxygen atoms in total. The third-order valence-electron chi connectivity index (χ3n) is 4.59. The van der Waals surface area contributed by atoms with E-state index in [0.717, 1.165) is 34.1 Å². The summed E-state index contributed by atoms with van der Waals surface area (Å²) >= 11 is 0. The Morgan fingerprint density at radius 3 is 2.19 bits per heavy atom. The quantitative estimate of drug-likeness (QED) is 0.823. The standard InChI is InChI=1S/C21H28N2O3S/c1-14-8-10-19(17(4)11-14)18(5)22-21(24)13-23(27(6,25)26)20-12-15(2)7-9-16(20)3/h7-12,18H,13H2,1-6H3,(H,22,24). The topological polar surface area (TPSA) is 66.5 Å². The van der Waals surface area contributed by atoms with Gasteiger partial charge in [-0.1, -0.05) is 35.9 Å². The number of anilines is 1. The Hall–Kier alpha value is -2.34. The molecule has 2 rings (SSSR count). The smallest absolute Gasteiger partial charge is 0.241 e. The molecule has 0 bridgehead atoms. The molecule has 2 aromatic carbocycles. The fraction of sp³-hybridized carbons (Fsp3) is 0.381. The lowest BCUT2D eigenvalue weighted by Gasteiger charge is -2.25. The number of nitrogens with one attached hydrogen (secondary N) is 1. The van der Waals surface area contributed by atoms with E-state index in [2.05, 4.69) is 11.4 Å². The van der Waals surface area contributed by atoms with Crippen LogP contribution in [0.5, 0.6) is 0 Å². The highest BCUT2D eigenvalue weighted by Gasteiger charge is 2.23. The average molecular weight is 389 g/mol. The molecule has 27 heavy (non-hydrogen) atoms. The van der Waals surface area contributed by atoms with Gasteiger partial charge >= 0.3 is 0 Å². The van der Waals surface area contributed by atoms with Crippen molar-refractivity contribution in [2.24, 2.45) is 0 Å². The summed E-state index contributed by atoms with van der Waals surface area (Å²) in [5, 5.41) is 2.92. The number of nitrogens with zero attached hydrogens (tertiary/aromatic N) is 1. The molecule has 0 saturated heterocycles. The second kappa shape index (κ2) is 8.13. The van der Waals surface area contributed by atoms with E-state index in [9.17, 15) is 13.2 Å². The van der Waals surface area contributed by atoms with Crippen LogP contribution in [0.15, 0.2) is 36.4 Å². The van der Waals surface area contributed by atoms with E-state index in [-0.39, 0.29) is 18.5 Å². The van der Waals surface area contributed by atoms with Crippen LogP contribution in [0.2, 0.25) is 0 Å². The van der Waals surface area contributed by atoms with Crippen LogP contribution in [-0.2, 0) is 14.8 Å². The summed E-state index contributed by atoms with van der Waals surface area (Å²) in [6.45, 7) is 9.41. The van der Waals surface area contributed by atoms with Gasteiger partial charge < -0.3 is 5.32 Å². The highest BCUT2D eigenvalue weighted by atomic mass is 32.2. The predicted octanol–water partition coefficient (Wildman–Crippen LogP) is 3.56. The number of rotatable bonds is 6. The Morgan fingerprint density at radius 1 is 1.00 bits per heavy atom. The second-order valence-corrected chi connectivity index (χ2v) is 9.12. The van der Waals surface area contributed by atoms with Crippen molar-refractivity contribution in [2.45, 2.75) is 40.7 Å². The number of carbonyl (C=O) groups is 1. The number of hydrogen-bond acceptors (Lipinski definition) is 3. The predicted molar refractivity (Wildman–Crippen MR) is 111 cm³/mol. The minimum atomic E-state index is -3.59. The van der Waals surface area contributed by atoms with Crippen molar-refractivity contribution in [1.29, 1.82) is 0 Å². The Balaban J connectivity index is 2.23. The molecule has 0 aromatic heterocycles. The molecule has 0 radical (unpaired) electrons. The number of aryl methyl sites for hydroxylation is 4. The largest absolute Gasteiger partial charge is 0.348 e. The first-order chi connectivity index (χ1) is 12.5. The van der Waals surface area contributed by atoms with Crippen LogP contribution in [0, 0.1) is 27.7 Å². The maximum atomic E-state index is 12.6. The normalized spacial score (nSPS) is 12.5. The molecule has 1 unspecified atom stereocenters. The van der Waals surface area contributed by atoms with Crippen LogP contribution in [-0.4, -0.2) is 27.1 Å². The minimum Gasteiger partial charge on any atom is -0.348 e. The van der Waals surface area contributed by atoms with Crippen LogP contribution in [0.25, 0.3) is 0 Å². The van der Waals surface area contributed by atoms with Gasteiger partial charge in [-0.2, -0.15) is 0 Å². The van der Waals surface area contributed by atoms with Crippen LogP contribution >= 0.6 is 0 Å². The lowest BCUT2D eigenvalue weighted by Crippen LogP contribution is -2.41. The van der Waals surface area contributed by atoms with Crippen molar-refractivity contribution in [2.75, 3.05) is 17.1 Å². The fourth-order valence-corrected chi connectivity index (χ4v) is 4.08. The molecule has 146 valence electrons. The molecule has 1 atom stereocenters. The van der Waals surface area contributed by atoms with Crippen molar-refractivity contribution in [3.8, 4) is 0 Å². The summed E-state index contributed by atoms with van der Waals surface area (Å²) in [6.07, 6.45) is 1.12. The molecular weight excluding hydrogens is 360 g/mol. The van der Waals surface area contributed by atoms with E-state index >= 15 is 0 Å². The number of amides is 1. The van der Waals surface area contributed by atoms with Crippen molar-refractivity contribution in [3.05, 3.63) is 64.2 Å². The third-order valence-corrected chi connectivity index (χ3v) is 5.72. The highest BCUT2D eigenvalue weighted by Crippen LogP contribution is 2.24. The average Bonchev–Trinajstić information content (AvgIpc) is 2.54. The van der Waals surface area contributed by atoms with E-state index in [1.807, 2.05) is 58.9 Å². The van der Waals surface area contributed by atoms with Gasteiger partial charge in [0.25, 0.3) is 0 Å². The Kier molecular flexibility index (Phi) is 6.31. The lowest BCUT2D eigenvalue weighted by atomic mass is 10.0. The van der Waals surface area contributed by atoms with Crippen molar-refractivity contribution >= 4 is 21.6 Å². The zero-order valence-electron chi connectivity index (χ0n) is 16.8. The molecule has 1 N–H and O–H groups in total. The Morgan fingerprint density at radius 2 is 1.59 bits per heavy atom. The summed E-state index contributed by atoms with van der Waals surface area (Å²) in [5.74, 6) is -0.339. The van der Waals surface area contributed by atoms with E-state index in [1.54, 1.807) is 6.07 Å². The Labute approximate surface area is 162 Å². The van der Waals surface area contributed by atoms with Crippen molar-refractivity contribution in [1.82, 2.24) is 5.32 Å². The summed E-state index contributed by atoms with van der Waals surface area (Å²) in [4.78, 5) is 12.6. The van der Waals surface area contributed by atoms with Gasteiger partial charge in [-0.3, -0.25) is 9.10 Å². The summed E-state index contributed by atoms with van der Waals surface area (Å²) in [6, 6.07) is 11.4. The molecule has 0 aliphatic rings. The molecule has 0 heterocycles. The number of sulfonamides is 1. The zero-order valence-corrected chi connectivity index (χ0v) is 17.6. The molecule has 0 saturated carbocycles. The molecule has 0 spiro atoms. The molecule has 6 heteroatoms. The monoisotopic (exact) mass is 388 g/mol. The van der Waals surface area contributed by atoms with Crippen molar-refractivity contribution in [3.63, 3.8) is 0 Å². The fourth-order valence-electron chi connectivity index (χ4n) is 3.18. The molecule has 1 amide bonds. The number of benzene rings is 2. The van der Waals surface area contributed by atoms with Gasteiger partial charge in [0.05, 0.1) is 18.0 Å². The zero-order chi connectivity index (χ0) is 20.4. The van der Waals surface area contributed by atoms with E-state index in [1.165, 1.54) is 4.31 Å². The van der Waals surface area contributed by atoms with Gasteiger partial charge in [0.1, 0.15) is 6.54 Å². The van der Waals surface area contributed by atoms with Gasteiger partial charge in [0.15, 0.2) is 0 Å². The number of carbonyl (C=O) groups excluding carboxylic acids is 1. The van der Waals surface area contributed by atoms with E-state index < -0.39 is 10.0 Å². The van der Waals surface area contributed by atoms with Gasteiger partial charge in [-0.15, -0.1) is 0 Å². The maximum Gasteiger partial charge on any atom is 0.241 e. The van der Waals surface area contributed by atoms with Gasteiger partial charge in [-0.25, -0.2) is 8.42 Å². The van der Waals surface area contributed by atoms with Gasteiger partial charge in [0.2, 0.25) is 15.9 Å². The van der Waals surface area contributed by atoms with E-state index in [4.69, 9.17) is 0 Å². The highest BCUT2D eigenvalue weighted by molar-refractivity contribution is 7.92. The molecule has 2 aromatic rings. The van der Waals surface area contributed by atoms with Gasteiger partial charge in [-0.05, 0) is 62.9 Å². The molecule has 0 fully saturated rings. The Bertz CT molecular complexity index is 952. The van der Waals surface area contributed by atoms with Crippen molar-refractivity contribution < 1.29 is 13.2 Å². The van der Waals surface area contributed by atoms with Crippen LogP contribution in [0.1, 0.15) is 40.8 Å². The maximum absolute atomic E-state index is 12.6. The first-order valence-corrected chi connectivity index (χ1v) is 10.8. The molecular formula is C21H28N2O3S. The summed E-state index contributed by atoms with van der Waals surface area (Å²) in [7, 11) is -3.59. The molecule has 0 aliphatic carbocycles. The SMILES string of the molecule is Cc1ccc(C(C)NC(=O)CN(c2cc(C)ccc2C)S(C)(=O)=O)c(C)c1. The van der Waals surface area contributed by atoms with Crippen LogP contribution in [0.3, 0.4) is 0 Å².